The summed E-state index contributed by atoms with van der Waals surface area (Å²) in [5.74, 6) is 0.963. The third-order valence-corrected chi connectivity index (χ3v) is 3.78. The monoisotopic (exact) mass is 218 g/mol. The normalized spacial score (nSPS) is 21.0. The Hall–Kier alpha value is -1.38. The van der Waals surface area contributed by atoms with Gasteiger partial charge in [-0.3, -0.25) is 0 Å². The Morgan fingerprint density at radius 1 is 1.38 bits per heavy atom. The fourth-order valence-electron chi connectivity index (χ4n) is 2.66. The van der Waals surface area contributed by atoms with Gasteiger partial charge in [-0.2, -0.15) is 0 Å². The Kier molecular flexibility index (Phi) is 2.03. The van der Waals surface area contributed by atoms with Crippen LogP contribution in [0.3, 0.4) is 0 Å². The fourth-order valence-corrected chi connectivity index (χ4v) is 2.66. The molecule has 3 rings (SSSR count). The van der Waals surface area contributed by atoms with Crippen molar-refractivity contribution in [1.82, 2.24) is 0 Å². The number of nitrogens with zero attached hydrogens (tertiary/aromatic N) is 1. The quantitative estimate of drug-likeness (QED) is 0.783. The average Bonchev–Trinajstić information content (AvgIpc) is 3.07. The number of fused-ring (bicyclic) bond motifs is 1. The molecule has 1 aliphatic heterocycles. The van der Waals surface area contributed by atoms with Crippen molar-refractivity contribution < 1.29 is 4.74 Å². The predicted octanol–water partition coefficient (Wildman–Crippen LogP) is 2.34. The molecule has 0 bridgehead atoms. The lowest BCUT2D eigenvalue weighted by atomic mass is 10.1. The molecule has 0 unspecified atom stereocenters. The summed E-state index contributed by atoms with van der Waals surface area (Å²) in [7, 11) is 3.90. The number of para-hydroxylation sites is 1. The maximum Gasteiger partial charge on any atom is 0.144 e. The third-order valence-electron chi connectivity index (χ3n) is 3.78. The molecule has 0 radical (unpaired) electrons. The zero-order valence-corrected chi connectivity index (χ0v) is 9.92. The molecule has 0 amide bonds. The lowest BCUT2D eigenvalue weighted by Gasteiger charge is -2.23. The van der Waals surface area contributed by atoms with Crippen molar-refractivity contribution in [3.05, 3.63) is 18.2 Å². The van der Waals surface area contributed by atoms with Crippen LogP contribution < -0.4 is 15.0 Å². The van der Waals surface area contributed by atoms with E-state index >= 15 is 0 Å². The summed E-state index contributed by atoms with van der Waals surface area (Å²) >= 11 is 0. The Morgan fingerprint density at radius 2 is 2.19 bits per heavy atom. The van der Waals surface area contributed by atoms with Gasteiger partial charge in [0.25, 0.3) is 0 Å². The summed E-state index contributed by atoms with van der Waals surface area (Å²) in [5, 5.41) is 3.56. The summed E-state index contributed by atoms with van der Waals surface area (Å²) in [6.07, 6.45) is 2.70. The van der Waals surface area contributed by atoms with Gasteiger partial charge in [0.15, 0.2) is 0 Å². The highest BCUT2D eigenvalue weighted by Gasteiger charge is 2.45. The second-order valence-corrected chi connectivity index (χ2v) is 5.07. The highest BCUT2D eigenvalue weighted by Crippen LogP contribution is 2.50. The van der Waals surface area contributed by atoms with Crippen LogP contribution in [0.25, 0.3) is 0 Å². The van der Waals surface area contributed by atoms with Crippen molar-refractivity contribution >= 4 is 11.4 Å². The molecule has 86 valence electrons. The molecule has 16 heavy (non-hydrogen) atoms. The lowest BCUT2D eigenvalue weighted by Crippen LogP contribution is -2.27. The summed E-state index contributed by atoms with van der Waals surface area (Å²) in [5.41, 5.74) is 2.91. The summed E-state index contributed by atoms with van der Waals surface area (Å²) in [4.78, 5) is 2.33. The van der Waals surface area contributed by atoms with Crippen molar-refractivity contribution in [2.24, 2.45) is 5.41 Å². The van der Waals surface area contributed by atoms with Gasteiger partial charge in [0.2, 0.25) is 0 Å². The zero-order valence-electron chi connectivity index (χ0n) is 9.92. The van der Waals surface area contributed by atoms with Crippen molar-refractivity contribution in [1.29, 1.82) is 0 Å². The Balaban J connectivity index is 2.03. The average molecular weight is 218 g/mol. The van der Waals surface area contributed by atoms with Gasteiger partial charge in [-0.05, 0) is 25.0 Å². The molecule has 1 aromatic rings. The van der Waals surface area contributed by atoms with E-state index in [1.165, 1.54) is 24.2 Å². The highest BCUT2D eigenvalue weighted by atomic mass is 16.5. The van der Waals surface area contributed by atoms with Gasteiger partial charge in [-0.15, -0.1) is 0 Å². The molecule has 2 aliphatic rings. The van der Waals surface area contributed by atoms with E-state index in [1.54, 1.807) is 7.11 Å². The van der Waals surface area contributed by atoms with Crippen LogP contribution in [0.15, 0.2) is 18.2 Å². The third kappa shape index (κ3) is 1.42. The first-order chi connectivity index (χ1) is 7.74. The second kappa shape index (κ2) is 3.30. The largest absolute Gasteiger partial charge is 0.495 e. The Morgan fingerprint density at radius 3 is 2.88 bits per heavy atom. The minimum atomic E-state index is 0.513. The van der Waals surface area contributed by atoms with Gasteiger partial charge in [0.05, 0.1) is 12.8 Å². The van der Waals surface area contributed by atoms with Crippen LogP contribution in [0.4, 0.5) is 11.4 Å². The molecular weight excluding hydrogens is 200 g/mol. The molecule has 0 aromatic heterocycles. The number of rotatable bonds is 1. The van der Waals surface area contributed by atoms with Crippen LogP contribution in [-0.2, 0) is 0 Å². The first-order valence-corrected chi connectivity index (χ1v) is 5.86. The molecule has 1 aromatic carbocycles. The van der Waals surface area contributed by atoms with E-state index in [2.05, 4.69) is 23.3 Å². The molecule has 1 saturated carbocycles. The van der Waals surface area contributed by atoms with E-state index in [9.17, 15) is 0 Å². The van der Waals surface area contributed by atoms with Crippen molar-refractivity contribution in [3.8, 4) is 5.75 Å². The maximum absolute atomic E-state index is 5.45. The van der Waals surface area contributed by atoms with Gasteiger partial charge in [0, 0.05) is 25.6 Å². The van der Waals surface area contributed by atoms with E-state index in [-0.39, 0.29) is 0 Å². The summed E-state index contributed by atoms with van der Waals surface area (Å²) < 4.78 is 5.45. The van der Waals surface area contributed by atoms with E-state index in [0.717, 1.165) is 18.8 Å². The van der Waals surface area contributed by atoms with Gasteiger partial charge < -0.3 is 15.0 Å². The van der Waals surface area contributed by atoms with Crippen LogP contribution in [0, 0.1) is 5.41 Å². The van der Waals surface area contributed by atoms with E-state index in [4.69, 9.17) is 4.74 Å². The van der Waals surface area contributed by atoms with Gasteiger partial charge in [0.1, 0.15) is 11.4 Å². The zero-order chi connectivity index (χ0) is 11.2. The molecule has 1 spiro atoms. The summed E-state index contributed by atoms with van der Waals surface area (Å²) in [6.45, 7) is 2.23. The molecule has 1 heterocycles. The molecule has 3 nitrogen and oxygen atoms in total. The molecule has 0 atom stereocenters. The molecule has 1 N–H and O–H groups in total. The standard InChI is InChI=1S/C13H18N2O/c1-15-9-13(6-7-13)8-14-10-4-3-5-11(16-2)12(10)15/h3-5,14H,6-9H2,1-2H3. The number of methoxy groups -OCH3 is 1. The van der Waals surface area contributed by atoms with E-state index in [0.29, 0.717) is 5.41 Å². The lowest BCUT2D eigenvalue weighted by molar-refractivity contribution is 0.414. The molecular formula is C13H18N2O. The minimum absolute atomic E-state index is 0.513. The van der Waals surface area contributed by atoms with Crippen LogP contribution >= 0.6 is 0 Å². The van der Waals surface area contributed by atoms with Crippen LogP contribution in [0.1, 0.15) is 12.8 Å². The fraction of sp³-hybridized carbons (Fsp3) is 0.538. The topological polar surface area (TPSA) is 24.5 Å². The van der Waals surface area contributed by atoms with E-state index in [1.807, 2.05) is 12.1 Å². The minimum Gasteiger partial charge on any atom is -0.495 e. The number of anilines is 2. The number of hydrogen-bond acceptors (Lipinski definition) is 3. The number of benzene rings is 1. The first-order valence-electron chi connectivity index (χ1n) is 5.86. The Bertz CT molecular complexity index is 412. The number of ether oxygens (including phenoxy) is 1. The predicted molar refractivity (Wildman–Crippen MR) is 66.4 cm³/mol. The van der Waals surface area contributed by atoms with Gasteiger partial charge >= 0.3 is 0 Å². The molecule has 1 aliphatic carbocycles. The summed E-state index contributed by atoms with van der Waals surface area (Å²) in [6, 6.07) is 6.21. The van der Waals surface area contributed by atoms with Gasteiger partial charge in [-0.25, -0.2) is 0 Å². The van der Waals surface area contributed by atoms with Crippen molar-refractivity contribution in [3.63, 3.8) is 0 Å². The molecule has 3 heteroatoms. The van der Waals surface area contributed by atoms with E-state index < -0.39 is 0 Å². The molecule has 0 saturated heterocycles. The second-order valence-electron chi connectivity index (χ2n) is 5.07. The smallest absolute Gasteiger partial charge is 0.144 e. The Labute approximate surface area is 96.4 Å². The van der Waals surface area contributed by atoms with Crippen molar-refractivity contribution in [2.45, 2.75) is 12.8 Å². The first kappa shape index (κ1) is 9.82. The van der Waals surface area contributed by atoms with Crippen molar-refractivity contribution in [2.75, 3.05) is 37.5 Å². The highest BCUT2D eigenvalue weighted by molar-refractivity contribution is 5.77. The van der Waals surface area contributed by atoms with Crippen LogP contribution in [-0.4, -0.2) is 27.2 Å². The SMILES string of the molecule is COc1cccc2c1N(C)CC1(CC1)CN2. The van der Waals surface area contributed by atoms with Crippen LogP contribution in [0.5, 0.6) is 5.75 Å². The number of hydrogen-bond donors (Lipinski definition) is 1. The maximum atomic E-state index is 5.45. The van der Waals surface area contributed by atoms with Gasteiger partial charge in [-0.1, -0.05) is 6.07 Å². The number of nitrogens with one attached hydrogen (secondary N) is 1. The molecule has 1 fully saturated rings. The van der Waals surface area contributed by atoms with Crippen LogP contribution in [0.2, 0.25) is 0 Å².